The molecule has 1 aliphatic heterocycles. The van der Waals surface area contributed by atoms with Gasteiger partial charge in [-0.1, -0.05) is 12.1 Å². The summed E-state index contributed by atoms with van der Waals surface area (Å²) in [4.78, 5) is 11.4. The lowest BCUT2D eigenvalue weighted by atomic mass is 10.2. The van der Waals surface area contributed by atoms with Gasteiger partial charge in [-0.05, 0) is 38.7 Å². The zero-order chi connectivity index (χ0) is 18.2. The van der Waals surface area contributed by atoms with Crippen LogP contribution in [0, 0.1) is 0 Å². The minimum absolute atomic E-state index is 0.509. The van der Waals surface area contributed by atoms with Crippen LogP contribution < -0.4 is 10.1 Å². The molecule has 0 bridgehead atoms. The maximum Gasteiger partial charge on any atom is 0.193 e. The van der Waals surface area contributed by atoms with E-state index >= 15 is 0 Å². The molecule has 0 radical (unpaired) electrons. The van der Waals surface area contributed by atoms with E-state index in [1.807, 2.05) is 26.1 Å². The molecule has 0 aromatic heterocycles. The number of likely N-dealkylation sites (N-methyl/N-ethyl adjacent to an activating group) is 2. The number of aliphatic imine (C=N–C) groups is 1. The molecule has 0 saturated carbocycles. The van der Waals surface area contributed by atoms with Crippen LogP contribution in [0.3, 0.4) is 0 Å². The Morgan fingerprint density at radius 1 is 1.28 bits per heavy atom. The second-order valence-corrected chi connectivity index (χ2v) is 6.76. The normalized spacial score (nSPS) is 19.7. The number of guanidine groups is 1. The molecule has 25 heavy (non-hydrogen) atoms. The summed E-state index contributed by atoms with van der Waals surface area (Å²) in [6.07, 6.45) is 0. The van der Waals surface area contributed by atoms with Crippen LogP contribution in [0.1, 0.15) is 12.5 Å². The molecule has 1 heterocycles. The number of piperazine rings is 1. The van der Waals surface area contributed by atoms with Crippen LogP contribution >= 0.6 is 0 Å². The molecule has 1 aliphatic rings. The first-order valence-corrected chi connectivity index (χ1v) is 9.05. The number of ether oxygens (including phenoxy) is 1. The van der Waals surface area contributed by atoms with Crippen molar-refractivity contribution in [1.29, 1.82) is 0 Å². The molecule has 140 valence electrons. The fourth-order valence-electron chi connectivity index (χ4n) is 3.12. The van der Waals surface area contributed by atoms with E-state index in [-0.39, 0.29) is 0 Å². The van der Waals surface area contributed by atoms with Crippen molar-refractivity contribution in [2.24, 2.45) is 4.99 Å². The summed E-state index contributed by atoms with van der Waals surface area (Å²) in [7, 11) is 8.30. The van der Waals surface area contributed by atoms with E-state index in [9.17, 15) is 0 Å². The lowest BCUT2D eigenvalue weighted by molar-refractivity contribution is 0.116. The Morgan fingerprint density at radius 2 is 2.00 bits per heavy atom. The highest BCUT2D eigenvalue weighted by molar-refractivity contribution is 5.79. The highest BCUT2D eigenvalue weighted by Crippen LogP contribution is 2.13. The van der Waals surface area contributed by atoms with Gasteiger partial charge in [-0.2, -0.15) is 0 Å². The summed E-state index contributed by atoms with van der Waals surface area (Å²) in [5.41, 5.74) is 1.24. The molecule has 1 unspecified atom stereocenters. The molecule has 0 spiro atoms. The summed E-state index contributed by atoms with van der Waals surface area (Å²) < 4.78 is 5.50. The van der Waals surface area contributed by atoms with E-state index in [4.69, 9.17) is 4.74 Å². The number of hydrogen-bond donors (Lipinski definition) is 1. The van der Waals surface area contributed by atoms with Crippen molar-refractivity contribution in [2.45, 2.75) is 19.5 Å². The summed E-state index contributed by atoms with van der Waals surface area (Å²) in [5.74, 6) is 1.84. The standard InChI is InChI=1S/C19H33N5O/c1-6-25-18-9-7-16(8-10-18)14-24(5)19(20-2)21-13-17-15-22(3)11-12-23(17)4/h7-10,17H,6,11-15H2,1-5H3,(H,20,21). The Morgan fingerprint density at radius 3 is 2.64 bits per heavy atom. The molecule has 2 rings (SSSR count). The number of hydrogen-bond acceptors (Lipinski definition) is 4. The third-order valence-corrected chi connectivity index (χ3v) is 4.70. The van der Waals surface area contributed by atoms with E-state index in [0.717, 1.165) is 44.4 Å². The van der Waals surface area contributed by atoms with Gasteiger partial charge in [-0.3, -0.25) is 9.89 Å². The monoisotopic (exact) mass is 347 g/mol. The summed E-state index contributed by atoms with van der Waals surface area (Å²) in [5, 5.41) is 3.52. The van der Waals surface area contributed by atoms with Gasteiger partial charge in [-0.15, -0.1) is 0 Å². The molecule has 1 fully saturated rings. The van der Waals surface area contributed by atoms with Crippen LogP contribution in [0.5, 0.6) is 5.75 Å². The van der Waals surface area contributed by atoms with Crippen molar-refractivity contribution in [2.75, 3.05) is 61.0 Å². The summed E-state index contributed by atoms with van der Waals surface area (Å²) in [6, 6.07) is 8.78. The Kier molecular flexibility index (Phi) is 7.52. The van der Waals surface area contributed by atoms with E-state index in [2.05, 4.69) is 58.3 Å². The second-order valence-electron chi connectivity index (χ2n) is 6.76. The number of nitrogens with one attached hydrogen (secondary N) is 1. The Hall–Kier alpha value is -1.79. The van der Waals surface area contributed by atoms with Gasteiger partial charge in [0.15, 0.2) is 5.96 Å². The summed E-state index contributed by atoms with van der Waals surface area (Å²) >= 11 is 0. The lowest BCUT2D eigenvalue weighted by Gasteiger charge is -2.38. The number of benzene rings is 1. The molecule has 0 aliphatic carbocycles. The maximum absolute atomic E-state index is 5.50. The van der Waals surface area contributed by atoms with Crippen molar-refractivity contribution >= 4 is 5.96 Å². The van der Waals surface area contributed by atoms with Crippen molar-refractivity contribution in [3.63, 3.8) is 0 Å². The molecule has 0 amide bonds. The van der Waals surface area contributed by atoms with Crippen LogP contribution in [0.25, 0.3) is 0 Å². The van der Waals surface area contributed by atoms with E-state index < -0.39 is 0 Å². The van der Waals surface area contributed by atoms with Crippen LogP contribution in [0.4, 0.5) is 0 Å². The predicted octanol–water partition coefficient (Wildman–Crippen LogP) is 1.34. The largest absolute Gasteiger partial charge is 0.494 e. The SMILES string of the molecule is CCOc1ccc(CN(C)C(=NC)NCC2CN(C)CCN2C)cc1. The smallest absolute Gasteiger partial charge is 0.193 e. The zero-order valence-electron chi connectivity index (χ0n) is 16.3. The van der Waals surface area contributed by atoms with Crippen molar-refractivity contribution in [3.8, 4) is 5.75 Å². The summed E-state index contributed by atoms with van der Waals surface area (Å²) in [6.45, 7) is 7.75. The van der Waals surface area contributed by atoms with Crippen LogP contribution in [0.2, 0.25) is 0 Å². The van der Waals surface area contributed by atoms with Crippen LogP contribution in [-0.4, -0.2) is 87.7 Å². The first kappa shape index (κ1) is 19.5. The minimum Gasteiger partial charge on any atom is -0.494 e. The first-order chi connectivity index (χ1) is 12.0. The highest BCUT2D eigenvalue weighted by atomic mass is 16.5. The first-order valence-electron chi connectivity index (χ1n) is 9.05. The Balaban J connectivity index is 1.86. The third kappa shape index (κ3) is 5.90. The van der Waals surface area contributed by atoms with Crippen molar-refractivity contribution < 1.29 is 4.74 Å². The Bertz CT molecular complexity index is 545. The number of nitrogens with zero attached hydrogens (tertiary/aromatic N) is 4. The molecular formula is C19H33N5O. The fraction of sp³-hybridized carbons (Fsp3) is 0.632. The van der Waals surface area contributed by atoms with Gasteiger partial charge in [0, 0.05) is 52.9 Å². The lowest BCUT2D eigenvalue weighted by Crippen LogP contribution is -2.55. The van der Waals surface area contributed by atoms with Crippen molar-refractivity contribution in [1.82, 2.24) is 20.0 Å². The average molecular weight is 348 g/mol. The molecule has 1 aromatic rings. The number of rotatable bonds is 6. The maximum atomic E-state index is 5.50. The van der Waals surface area contributed by atoms with E-state index in [1.54, 1.807) is 0 Å². The van der Waals surface area contributed by atoms with E-state index in [1.165, 1.54) is 5.56 Å². The zero-order valence-corrected chi connectivity index (χ0v) is 16.3. The van der Waals surface area contributed by atoms with Gasteiger partial charge in [-0.25, -0.2) is 0 Å². The van der Waals surface area contributed by atoms with Crippen LogP contribution in [0.15, 0.2) is 29.3 Å². The Labute approximate surface area is 152 Å². The van der Waals surface area contributed by atoms with Gasteiger partial charge in [0.2, 0.25) is 0 Å². The van der Waals surface area contributed by atoms with Gasteiger partial charge < -0.3 is 19.9 Å². The highest BCUT2D eigenvalue weighted by Gasteiger charge is 2.22. The molecule has 1 atom stereocenters. The second kappa shape index (κ2) is 9.63. The van der Waals surface area contributed by atoms with Crippen molar-refractivity contribution in [3.05, 3.63) is 29.8 Å². The van der Waals surface area contributed by atoms with Gasteiger partial charge >= 0.3 is 0 Å². The molecule has 1 saturated heterocycles. The fourth-order valence-corrected chi connectivity index (χ4v) is 3.12. The topological polar surface area (TPSA) is 43.3 Å². The molecule has 6 heteroatoms. The quantitative estimate of drug-likeness (QED) is 0.621. The predicted molar refractivity (Wildman–Crippen MR) is 104 cm³/mol. The third-order valence-electron chi connectivity index (χ3n) is 4.70. The molecule has 1 N–H and O–H groups in total. The van der Waals surface area contributed by atoms with Gasteiger partial charge in [0.25, 0.3) is 0 Å². The molecule has 6 nitrogen and oxygen atoms in total. The van der Waals surface area contributed by atoms with E-state index in [0.29, 0.717) is 12.6 Å². The minimum atomic E-state index is 0.509. The van der Waals surface area contributed by atoms with Crippen LogP contribution in [-0.2, 0) is 6.54 Å². The van der Waals surface area contributed by atoms with Gasteiger partial charge in [0.05, 0.1) is 6.61 Å². The molecular weight excluding hydrogens is 314 g/mol. The average Bonchev–Trinajstić information content (AvgIpc) is 2.60. The molecule has 1 aromatic carbocycles. The van der Waals surface area contributed by atoms with Gasteiger partial charge in [0.1, 0.15) is 5.75 Å².